The molecule has 0 atom stereocenters. The average molecular weight is 430 g/mol. The summed E-state index contributed by atoms with van der Waals surface area (Å²) in [6, 6.07) is 13.9. The second-order valence-electron chi connectivity index (χ2n) is 7.19. The molecule has 9 heteroatoms. The maximum atomic E-state index is 8.85. The summed E-state index contributed by atoms with van der Waals surface area (Å²) in [5, 5.41) is 27.7. The molecule has 3 heterocycles. The number of piperidine rings is 1. The highest BCUT2D eigenvalue weighted by Crippen LogP contribution is 2.28. The van der Waals surface area contributed by atoms with E-state index in [0.29, 0.717) is 17.6 Å². The molecule has 0 unspecified atom stereocenters. The minimum atomic E-state index is 0.269. The van der Waals surface area contributed by atoms with Crippen molar-refractivity contribution in [1.29, 1.82) is 5.26 Å². The van der Waals surface area contributed by atoms with Crippen molar-refractivity contribution in [3.05, 3.63) is 67.3 Å². The Morgan fingerprint density at radius 3 is 2.53 bits per heavy atom. The molecule has 0 spiro atoms. The van der Waals surface area contributed by atoms with Gasteiger partial charge in [0, 0.05) is 18.2 Å². The van der Waals surface area contributed by atoms with Gasteiger partial charge >= 0.3 is 0 Å². The molecule has 32 heavy (non-hydrogen) atoms. The summed E-state index contributed by atoms with van der Waals surface area (Å²) in [6.07, 6.45) is 6.51. The van der Waals surface area contributed by atoms with Crippen LogP contribution in [-0.2, 0) is 0 Å². The van der Waals surface area contributed by atoms with Crippen molar-refractivity contribution in [3.63, 3.8) is 0 Å². The smallest absolute Gasteiger partial charge is 0.158 e. The van der Waals surface area contributed by atoms with Crippen molar-refractivity contribution >= 4 is 17.3 Å². The molecular weight excluding hydrogens is 402 g/mol. The molecule has 0 bridgehead atoms. The molecule has 0 aliphatic carbocycles. The van der Waals surface area contributed by atoms with Gasteiger partial charge in [-0.15, -0.1) is 10.2 Å². The number of hydrogen-bond donors (Lipinski definition) is 4. The molecule has 2 aromatic heterocycles. The highest BCUT2D eigenvalue weighted by atomic mass is 15.2. The fourth-order valence-electron chi connectivity index (χ4n) is 3.32. The van der Waals surface area contributed by atoms with Crippen LogP contribution in [0.3, 0.4) is 0 Å². The second kappa shape index (κ2) is 12.0. The number of nitrogens with two attached hydrogens (primary N) is 1. The lowest BCUT2D eigenvalue weighted by Crippen LogP contribution is -2.31. The van der Waals surface area contributed by atoms with Crippen LogP contribution in [0.1, 0.15) is 18.5 Å². The molecule has 1 saturated heterocycles. The maximum absolute atomic E-state index is 8.85. The van der Waals surface area contributed by atoms with Crippen molar-refractivity contribution < 1.29 is 0 Å². The lowest BCUT2D eigenvalue weighted by molar-refractivity contribution is 0.390. The Morgan fingerprint density at radius 1 is 1.12 bits per heavy atom. The molecular formula is C23H27N9. The monoisotopic (exact) mass is 429 g/mol. The van der Waals surface area contributed by atoms with Gasteiger partial charge in [0.1, 0.15) is 17.6 Å². The van der Waals surface area contributed by atoms with Crippen molar-refractivity contribution in [2.75, 3.05) is 30.3 Å². The zero-order valence-electron chi connectivity index (χ0n) is 17.8. The van der Waals surface area contributed by atoms with Gasteiger partial charge in [0.05, 0.1) is 18.1 Å². The Morgan fingerprint density at radius 2 is 1.88 bits per heavy atom. The van der Waals surface area contributed by atoms with Gasteiger partial charge < -0.3 is 21.7 Å². The normalized spacial score (nSPS) is 13.2. The number of rotatable bonds is 6. The molecule has 1 aliphatic rings. The van der Waals surface area contributed by atoms with Gasteiger partial charge in [0.15, 0.2) is 11.5 Å². The third kappa shape index (κ3) is 6.48. The fourth-order valence-corrected chi connectivity index (χ4v) is 3.32. The molecule has 0 saturated carbocycles. The minimum Gasteiger partial charge on any atom is -0.405 e. The number of nitrogens with zero attached hydrogens (tertiary/aromatic N) is 5. The first-order valence-corrected chi connectivity index (χ1v) is 10.4. The van der Waals surface area contributed by atoms with Gasteiger partial charge in [0.25, 0.3) is 0 Å². The molecule has 1 fully saturated rings. The topological polar surface area (TPSA) is 137 Å². The summed E-state index contributed by atoms with van der Waals surface area (Å²) >= 11 is 0. The van der Waals surface area contributed by atoms with Crippen LogP contribution in [0.25, 0.3) is 11.3 Å². The van der Waals surface area contributed by atoms with Crippen molar-refractivity contribution in [1.82, 2.24) is 25.5 Å². The predicted molar refractivity (Wildman–Crippen MR) is 126 cm³/mol. The Hall–Kier alpha value is -4.03. The van der Waals surface area contributed by atoms with Crippen LogP contribution in [0.4, 0.5) is 17.3 Å². The van der Waals surface area contributed by atoms with Crippen molar-refractivity contribution in [3.8, 4) is 17.3 Å². The van der Waals surface area contributed by atoms with E-state index in [0.717, 1.165) is 49.4 Å². The van der Waals surface area contributed by atoms with Crippen LogP contribution in [0.2, 0.25) is 0 Å². The maximum Gasteiger partial charge on any atom is 0.158 e. The Kier molecular flexibility index (Phi) is 8.48. The third-order valence-corrected chi connectivity index (χ3v) is 4.90. The van der Waals surface area contributed by atoms with Crippen LogP contribution in [-0.4, -0.2) is 39.8 Å². The van der Waals surface area contributed by atoms with Crippen molar-refractivity contribution in [2.24, 2.45) is 11.7 Å². The van der Waals surface area contributed by atoms with E-state index in [1.54, 1.807) is 0 Å². The number of nitrogens with one attached hydrogen (secondary N) is 3. The summed E-state index contributed by atoms with van der Waals surface area (Å²) in [5.41, 5.74) is 7.63. The van der Waals surface area contributed by atoms with E-state index in [1.165, 1.54) is 18.6 Å². The first-order valence-electron chi connectivity index (χ1n) is 10.4. The number of hydrogen-bond acceptors (Lipinski definition) is 9. The molecule has 4 rings (SSSR count). The number of aromatic nitrogens is 4. The van der Waals surface area contributed by atoms with E-state index in [-0.39, 0.29) is 5.69 Å². The summed E-state index contributed by atoms with van der Waals surface area (Å²) in [5.74, 6) is 1.71. The standard InChI is InChI=1S/C21H22N8.C2H5N/c22-11-17-13-26-20(14-24-17)27-19-10-18(25-12-15-6-8-23-9-7-15)21(29-28-19)16-4-2-1-3-5-16;1-2-3/h1-5,10,13-15,23H,6-9,12H2,(H2,25,26,27,28);2H,1,3H2. The van der Waals surface area contributed by atoms with Crippen LogP contribution >= 0.6 is 0 Å². The van der Waals surface area contributed by atoms with Gasteiger partial charge in [0.2, 0.25) is 0 Å². The van der Waals surface area contributed by atoms with Crippen LogP contribution in [0.15, 0.2) is 61.6 Å². The zero-order valence-corrected chi connectivity index (χ0v) is 17.8. The SMILES string of the molecule is C=CN.N#Cc1cnc(Nc2cc(NCC3CCNCC3)c(-c3ccccc3)nn2)cn1. The largest absolute Gasteiger partial charge is 0.405 e. The molecule has 164 valence electrons. The predicted octanol–water partition coefficient (Wildman–Crippen LogP) is 3.05. The van der Waals surface area contributed by atoms with Gasteiger partial charge in [-0.2, -0.15) is 5.26 Å². The third-order valence-electron chi connectivity index (χ3n) is 4.90. The fraction of sp³-hybridized carbons (Fsp3) is 0.261. The van der Waals surface area contributed by atoms with Gasteiger partial charge in [-0.1, -0.05) is 36.9 Å². The highest BCUT2D eigenvalue weighted by molar-refractivity contribution is 5.76. The van der Waals surface area contributed by atoms with E-state index in [1.807, 2.05) is 42.5 Å². The van der Waals surface area contributed by atoms with Gasteiger partial charge in [-0.25, -0.2) is 9.97 Å². The molecule has 0 amide bonds. The van der Waals surface area contributed by atoms with Crippen LogP contribution < -0.4 is 21.7 Å². The summed E-state index contributed by atoms with van der Waals surface area (Å²) < 4.78 is 0. The molecule has 5 N–H and O–H groups in total. The quantitative estimate of drug-likeness (QED) is 0.466. The zero-order chi connectivity index (χ0) is 22.6. The first-order chi connectivity index (χ1) is 15.7. The Balaban J connectivity index is 0.000000913. The summed E-state index contributed by atoms with van der Waals surface area (Å²) in [4.78, 5) is 8.21. The number of benzene rings is 1. The van der Waals surface area contributed by atoms with Crippen LogP contribution in [0, 0.1) is 17.2 Å². The average Bonchev–Trinajstić information content (AvgIpc) is 2.85. The Bertz CT molecular complexity index is 1020. The van der Waals surface area contributed by atoms with Crippen LogP contribution in [0.5, 0.6) is 0 Å². The summed E-state index contributed by atoms with van der Waals surface area (Å²) in [6.45, 7) is 6.16. The first kappa shape index (κ1) is 22.7. The summed E-state index contributed by atoms with van der Waals surface area (Å²) in [7, 11) is 0. The molecule has 1 aromatic carbocycles. The van der Waals surface area contributed by atoms with E-state index in [2.05, 4.69) is 48.4 Å². The van der Waals surface area contributed by atoms with Gasteiger partial charge in [-0.3, -0.25) is 0 Å². The molecule has 3 aromatic rings. The number of anilines is 3. The van der Waals surface area contributed by atoms with E-state index < -0.39 is 0 Å². The highest BCUT2D eigenvalue weighted by Gasteiger charge is 2.15. The second-order valence-corrected chi connectivity index (χ2v) is 7.19. The molecule has 9 nitrogen and oxygen atoms in total. The lowest BCUT2D eigenvalue weighted by atomic mass is 9.98. The van der Waals surface area contributed by atoms with Gasteiger partial charge in [-0.05, 0) is 38.0 Å². The van der Waals surface area contributed by atoms with E-state index in [4.69, 9.17) is 5.26 Å². The Labute approximate surface area is 187 Å². The molecule has 1 aliphatic heterocycles. The van der Waals surface area contributed by atoms with E-state index >= 15 is 0 Å². The van der Waals surface area contributed by atoms with E-state index in [9.17, 15) is 0 Å². The lowest BCUT2D eigenvalue weighted by Gasteiger charge is -2.23. The molecule has 0 radical (unpaired) electrons. The van der Waals surface area contributed by atoms with Crippen molar-refractivity contribution in [2.45, 2.75) is 12.8 Å². The minimum absolute atomic E-state index is 0.269. The number of nitriles is 1.